The van der Waals surface area contributed by atoms with Crippen LogP contribution < -0.4 is 10.1 Å². The van der Waals surface area contributed by atoms with E-state index in [1.807, 2.05) is 0 Å². The maximum atomic E-state index is 12.9. The Kier molecular flexibility index (Phi) is 5.96. The standard InChI is InChI=1S/C19H25FN2O4/c20-14-3-7-16(8-4-14)26-17-9-11-22(12-10-17)19(25)21-15-5-1-13(2-6-15)18(23)24/h3-4,7-8,13,15,17H,1-2,5-6,9-12H2,(H,21,25)(H,23,24). The van der Waals surface area contributed by atoms with Crippen LogP contribution in [0, 0.1) is 11.7 Å². The molecule has 1 saturated heterocycles. The number of piperidine rings is 1. The van der Waals surface area contributed by atoms with E-state index in [9.17, 15) is 14.0 Å². The van der Waals surface area contributed by atoms with Crippen molar-refractivity contribution in [3.8, 4) is 5.75 Å². The highest BCUT2D eigenvalue weighted by molar-refractivity contribution is 5.75. The molecule has 7 heteroatoms. The van der Waals surface area contributed by atoms with E-state index >= 15 is 0 Å². The lowest BCUT2D eigenvalue weighted by Crippen LogP contribution is -2.50. The minimum Gasteiger partial charge on any atom is -0.490 e. The summed E-state index contributed by atoms with van der Waals surface area (Å²) in [6.07, 6.45) is 4.16. The fraction of sp³-hybridized carbons (Fsp3) is 0.579. The highest BCUT2D eigenvalue weighted by Gasteiger charge is 2.29. The molecule has 26 heavy (non-hydrogen) atoms. The van der Waals surface area contributed by atoms with Crippen LogP contribution in [0.1, 0.15) is 38.5 Å². The number of hydrogen-bond acceptors (Lipinski definition) is 3. The second kappa shape index (κ2) is 8.38. The van der Waals surface area contributed by atoms with E-state index in [1.54, 1.807) is 17.0 Å². The Hall–Kier alpha value is -2.31. The zero-order chi connectivity index (χ0) is 18.5. The molecule has 0 spiro atoms. The van der Waals surface area contributed by atoms with Crippen LogP contribution in [0.4, 0.5) is 9.18 Å². The normalized spacial score (nSPS) is 24.1. The quantitative estimate of drug-likeness (QED) is 0.861. The molecule has 3 rings (SSSR count). The SMILES string of the molecule is O=C(O)C1CCC(NC(=O)N2CCC(Oc3ccc(F)cc3)CC2)CC1. The summed E-state index contributed by atoms with van der Waals surface area (Å²) in [6.45, 7) is 1.23. The second-order valence-corrected chi connectivity index (χ2v) is 7.09. The first kappa shape index (κ1) is 18.5. The van der Waals surface area contributed by atoms with Crippen LogP contribution in [0.15, 0.2) is 24.3 Å². The molecular formula is C19H25FN2O4. The Bertz CT molecular complexity index is 621. The van der Waals surface area contributed by atoms with E-state index in [1.165, 1.54) is 12.1 Å². The molecule has 6 nitrogen and oxygen atoms in total. The van der Waals surface area contributed by atoms with E-state index in [2.05, 4.69) is 5.32 Å². The maximum Gasteiger partial charge on any atom is 0.317 e. The van der Waals surface area contributed by atoms with E-state index in [4.69, 9.17) is 9.84 Å². The van der Waals surface area contributed by atoms with Gasteiger partial charge in [0.05, 0.1) is 5.92 Å². The average Bonchev–Trinajstić information content (AvgIpc) is 2.64. The average molecular weight is 364 g/mol. The van der Waals surface area contributed by atoms with Crippen LogP contribution in [-0.2, 0) is 4.79 Å². The fourth-order valence-corrected chi connectivity index (χ4v) is 3.63. The van der Waals surface area contributed by atoms with Crippen molar-refractivity contribution >= 4 is 12.0 Å². The third-order valence-electron chi connectivity index (χ3n) is 5.25. The smallest absolute Gasteiger partial charge is 0.317 e. The number of ether oxygens (including phenoxy) is 1. The Morgan fingerprint density at radius 2 is 1.65 bits per heavy atom. The molecule has 1 aromatic carbocycles. The molecule has 142 valence electrons. The number of urea groups is 1. The summed E-state index contributed by atoms with van der Waals surface area (Å²) in [4.78, 5) is 25.2. The minimum atomic E-state index is -0.738. The number of benzene rings is 1. The molecule has 1 aliphatic heterocycles. The summed E-state index contributed by atoms with van der Waals surface area (Å²) < 4.78 is 18.8. The van der Waals surface area contributed by atoms with E-state index in [0.717, 1.165) is 12.8 Å². The van der Waals surface area contributed by atoms with Crippen LogP contribution in [0.2, 0.25) is 0 Å². The molecule has 1 aliphatic carbocycles. The van der Waals surface area contributed by atoms with Gasteiger partial charge in [0, 0.05) is 32.0 Å². The van der Waals surface area contributed by atoms with Gasteiger partial charge in [0.15, 0.2) is 0 Å². The molecule has 2 amide bonds. The third kappa shape index (κ3) is 4.86. The van der Waals surface area contributed by atoms with Crippen LogP contribution in [0.25, 0.3) is 0 Å². The van der Waals surface area contributed by atoms with Gasteiger partial charge >= 0.3 is 12.0 Å². The van der Waals surface area contributed by atoms with Crippen LogP contribution >= 0.6 is 0 Å². The summed E-state index contributed by atoms with van der Waals surface area (Å²) in [6, 6.07) is 5.95. The van der Waals surface area contributed by atoms with Gasteiger partial charge in [-0.2, -0.15) is 0 Å². The largest absolute Gasteiger partial charge is 0.490 e. The lowest BCUT2D eigenvalue weighted by atomic mass is 9.86. The number of carbonyl (C=O) groups is 2. The van der Waals surface area contributed by atoms with Crippen molar-refractivity contribution in [2.75, 3.05) is 13.1 Å². The number of carboxylic acids is 1. The number of amides is 2. The van der Waals surface area contributed by atoms with Crippen LogP contribution in [0.5, 0.6) is 5.75 Å². The Morgan fingerprint density at radius 3 is 2.23 bits per heavy atom. The number of aliphatic carboxylic acids is 1. The number of rotatable bonds is 4. The van der Waals surface area contributed by atoms with Crippen molar-refractivity contribution in [3.63, 3.8) is 0 Å². The molecule has 1 aromatic rings. The summed E-state index contributed by atoms with van der Waals surface area (Å²) in [5.74, 6) is -0.661. The van der Waals surface area contributed by atoms with Crippen molar-refractivity contribution in [3.05, 3.63) is 30.1 Å². The van der Waals surface area contributed by atoms with Crippen molar-refractivity contribution in [1.29, 1.82) is 0 Å². The van der Waals surface area contributed by atoms with Crippen molar-refractivity contribution < 1.29 is 23.8 Å². The topological polar surface area (TPSA) is 78.9 Å². The highest BCUT2D eigenvalue weighted by Crippen LogP contribution is 2.25. The second-order valence-electron chi connectivity index (χ2n) is 7.09. The first-order chi connectivity index (χ1) is 12.5. The molecule has 0 radical (unpaired) electrons. The monoisotopic (exact) mass is 364 g/mol. The molecule has 1 saturated carbocycles. The minimum absolute atomic E-state index is 0.0236. The highest BCUT2D eigenvalue weighted by atomic mass is 19.1. The number of carbonyl (C=O) groups excluding carboxylic acids is 1. The van der Waals surface area contributed by atoms with Gasteiger partial charge in [-0.3, -0.25) is 4.79 Å². The van der Waals surface area contributed by atoms with Crippen molar-refractivity contribution in [2.45, 2.75) is 50.7 Å². The van der Waals surface area contributed by atoms with Crippen LogP contribution in [-0.4, -0.2) is 47.2 Å². The Balaban J connectivity index is 1.39. The van der Waals surface area contributed by atoms with E-state index in [-0.39, 0.29) is 29.9 Å². The summed E-state index contributed by atoms with van der Waals surface area (Å²) >= 11 is 0. The Morgan fingerprint density at radius 1 is 1.04 bits per heavy atom. The third-order valence-corrected chi connectivity index (χ3v) is 5.25. The van der Waals surface area contributed by atoms with Gasteiger partial charge in [0.1, 0.15) is 17.7 Å². The number of halogens is 1. The van der Waals surface area contributed by atoms with Crippen molar-refractivity contribution in [2.24, 2.45) is 5.92 Å². The first-order valence-corrected chi connectivity index (χ1v) is 9.21. The van der Waals surface area contributed by atoms with Gasteiger partial charge in [0.2, 0.25) is 0 Å². The summed E-state index contributed by atoms with van der Waals surface area (Å²) in [5, 5.41) is 12.1. The van der Waals surface area contributed by atoms with Gasteiger partial charge in [-0.05, 0) is 49.9 Å². The maximum absolute atomic E-state index is 12.9. The molecule has 1 heterocycles. The first-order valence-electron chi connectivity index (χ1n) is 9.21. The lowest BCUT2D eigenvalue weighted by molar-refractivity contribution is -0.142. The summed E-state index contributed by atoms with van der Waals surface area (Å²) in [5.41, 5.74) is 0. The van der Waals surface area contributed by atoms with Gasteiger partial charge in [0.25, 0.3) is 0 Å². The van der Waals surface area contributed by atoms with Gasteiger partial charge in [-0.15, -0.1) is 0 Å². The van der Waals surface area contributed by atoms with E-state index in [0.29, 0.717) is 44.5 Å². The zero-order valence-electron chi connectivity index (χ0n) is 14.7. The molecule has 2 N–H and O–H groups in total. The number of likely N-dealkylation sites (tertiary alicyclic amines) is 1. The van der Waals surface area contributed by atoms with Gasteiger partial charge in [-0.1, -0.05) is 0 Å². The number of nitrogens with one attached hydrogen (secondary N) is 1. The predicted octanol–water partition coefficient (Wildman–Crippen LogP) is 3.02. The molecule has 0 atom stereocenters. The molecular weight excluding hydrogens is 339 g/mol. The van der Waals surface area contributed by atoms with E-state index < -0.39 is 5.97 Å². The molecule has 0 unspecified atom stereocenters. The molecule has 0 aromatic heterocycles. The van der Waals surface area contributed by atoms with Crippen LogP contribution in [0.3, 0.4) is 0 Å². The predicted molar refractivity (Wildman–Crippen MR) is 93.5 cm³/mol. The number of hydrogen-bond donors (Lipinski definition) is 2. The van der Waals surface area contributed by atoms with Gasteiger partial charge in [-0.25, -0.2) is 9.18 Å². The van der Waals surface area contributed by atoms with Crippen molar-refractivity contribution in [1.82, 2.24) is 10.2 Å². The molecule has 2 aliphatic rings. The fourth-order valence-electron chi connectivity index (χ4n) is 3.63. The Labute approximate surface area is 152 Å². The van der Waals surface area contributed by atoms with Gasteiger partial charge < -0.3 is 20.1 Å². The summed E-state index contributed by atoms with van der Waals surface area (Å²) in [7, 11) is 0. The zero-order valence-corrected chi connectivity index (χ0v) is 14.7. The number of nitrogens with zero attached hydrogens (tertiary/aromatic N) is 1. The lowest BCUT2D eigenvalue weighted by Gasteiger charge is -2.34. The number of carboxylic acid groups (broad SMARTS) is 1. The molecule has 0 bridgehead atoms. The molecule has 2 fully saturated rings.